The van der Waals surface area contributed by atoms with Crippen molar-refractivity contribution in [3.8, 4) is 0 Å². The molecule has 0 radical (unpaired) electrons. The van der Waals surface area contributed by atoms with E-state index in [2.05, 4.69) is 5.32 Å². The summed E-state index contributed by atoms with van der Waals surface area (Å²) in [6.07, 6.45) is 0.147. The molecule has 2 amide bonds. The van der Waals surface area contributed by atoms with E-state index < -0.39 is 29.9 Å². The molecule has 2 aliphatic rings. The van der Waals surface area contributed by atoms with Crippen LogP contribution in [0.5, 0.6) is 0 Å². The minimum Gasteiger partial charge on any atom is -0.490 e. The zero-order chi connectivity index (χ0) is 18.8. The van der Waals surface area contributed by atoms with E-state index in [-0.39, 0.29) is 37.0 Å². The van der Waals surface area contributed by atoms with Gasteiger partial charge in [-0.2, -0.15) is 0 Å². The highest BCUT2D eigenvalue weighted by molar-refractivity contribution is 7.10. The van der Waals surface area contributed by atoms with E-state index in [4.69, 9.17) is 9.47 Å². The van der Waals surface area contributed by atoms with Crippen LogP contribution >= 0.6 is 11.3 Å². The first-order valence-corrected chi connectivity index (χ1v) is 8.64. The summed E-state index contributed by atoms with van der Waals surface area (Å²) < 4.78 is 10.1. The number of nitrogens with zero attached hydrogens (tertiary/aromatic N) is 1. The van der Waals surface area contributed by atoms with Gasteiger partial charge < -0.3 is 19.9 Å². The number of hydrogen-bond acceptors (Lipinski definition) is 7. The van der Waals surface area contributed by atoms with Crippen molar-refractivity contribution < 1.29 is 33.8 Å². The number of thiophene rings is 1. The van der Waals surface area contributed by atoms with Crippen molar-refractivity contribution in [1.29, 1.82) is 0 Å². The van der Waals surface area contributed by atoms with Crippen molar-refractivity contribution >= 4 is 35.1 Å². The Morgan fingerprint density at radius 3 is 2.85 bits per heavy atom. The Hall–Kier alpha value is -2.88. The Balaban J connectivity index is 1.69. The summed E-state index contributed by atoms with van der Waals surface area (Å²) in [5.74, 6) is -2.91. The first kappa shape index (κ1) is 17.9. The topological polar surface area (TPSA) is 122 Å². The number of ether oxygens (including phenoxy) is 2. The minimum absolute atomic E-state index is 0.00304. The fraction of sp³-hybridized carbons (Fsp3) is 0.375. The van der Waals surface area contributed by atoms with E-state index in [1.54, 1.807) is 0 Å². The van der Waals surface area contributed by atoms with Crippen LogP contribution in [0.2, 0.25) is 0 Å². The monoisotopic (exact) mass is 380 g/mol. The average Bonchev–Trinajstić information content (AvgIpc) is 3.09. The highest BCUT2D eigenvalue weighted by Gasteiger charge is 2.54. The number of carboxylic acids is 1. The number of carbonyl (C=O) groups excluding carboxylic acids is 3. The molecule has 138 valence electrons. The van der Waals surface area contributed by atoms with Crippen LogP contribution in [-0.4, -0.2) is 59.1 Å². The Morgan fingerprint density at radius 1 is 1.46 bits per heavy atom. The van der Waals surface area contributed by atoms with Gasteiger partial charge in [0.2, 0.25) is 5.91 Å². The predicted octanol–water partition coefficient (Wildman–Crippen LogP) is -0.124. The number of amides is 2. The van der Waals surface area contributed by atoms with Crippen LogP contribution in [0.3, 0.4) is 0 Å². The number of carbonyl (C=O) groups is 4. The maximum atomic E-state index is 12.4. The largest absolute Gasteiger partial charge is 0.490 e. The van der Waals surface area contributed by atoms with E-state index in [1.165, 1.54) is 18.3 Å². The molecule has 2 atom stereocenters. The van der Waals surface area contributed by atoms with Gasteiger partial charge in [-0.25, -0.2) is 4.79 Å². The number of fused-ring (bicyclic) bond motifs is 1. The fourth-order valence-electron chi connectivity index (χ4n) is 2.83. The number of β-lactam (4-membered cyclic amide) rings is 1. The molecule has 1 aromatic rings. The lowest BCUT2D eigenvalue weighted by Crippen LogP contribution is -2.73. The number of hydrogen-bond donors (Lipinski definition) is 2. The molecule has 3 heterocycles. The van der Waals surface area contributed by atoms with E-state index >= 15 is 0 Å². The van der Waals surface area contributed by atoms with Gasteiger partial charge in [0.25, 0.3) is 5.91 Å². The molecule has 0 unspecified atom stereocenters. The second-order valence-corrected chi connectivity index (χ2v) is 6.78. The van der Waals surface area contributed by atoms with Crippen LogP contribution in [0.15, 0.2) is 29.0 Å². The predicted molar refractivity (Wildman–Crippen MR) is 87.8 cm³/mol. The second kappa shape index (κ2) is 7.16. The van der Waals surface area contributed by atoms with E-state index in [0.29, 0.717) is 0 Å². The summed E-state index contributed by atoms with van der Waals surface area (Å²) in [4.78, 5) is 48.8. The molecule has 9 nitrogen and oxygen atoms in total. The summed E-state index contributed by atoms with van der Waals surface area (Å²) in [5.41, 5.74) is -0.365. The van der Waals surface area contributed by atoms with Gasteiger partial charge in [-0.1, -0.05) is 6.07 Å². The third kappa shape index (κ3) is 3.40. The lowest BCUT2D eigenvalue weighted by atomic mass is 9.92. The molecule has 10 heteroatoms. The molecule has 0 aliphatic carbocycles. The van der Waals surface area contributed by atoms with Gasteiger partial charge >= 0.3 is 11.9 Å². The molecule has 2 N–H and O–H groups in total. The van der Waals surface area contributed by atoms with Crippen LogP contribution in [-0.2, 0) is 35.1 Å². The van der Waals surface area contributed by atoms with Gasteiger partial charge in [0.05, 0.1) is 6.42 Å². The molecular formula is C16H16N2O7S. The molecule has 1 aromatic heterocycles. The second-order valence-electron chi connectivity index (χ2n) is 5.75. The van der Waals surface area contributed by atoms with Crippen molar-refractivity contribution in [1.82, 2.24) is 10.2 Å². The third-order valence-corrected chi connectivity index (χ3v) is 4.87. The maximum Gasteiger partial charge on any atom is 0.356 e. The highest BCUT2D eigenvalue weighted by Crippen LogP contribution is 2.32. The Kier molecular flexibility index (Phi) is 4.94. The van der Waals surface area contributed by atoms with Crippen LogP contribution in [0.4, 0.5) is 0 Å². The first-order chi connectivity index (χ1) is 12.4. The average molecular weight is 380 g/mol. The lowest BCUT2D eigenvalue weighted by molar-refractivity contribution is -0.161. The van der Waals surface area contributed by atoms with Crippen molar-refractivity contribution in [3.63, 3.8) is 0 Å². The maximum absolute atomic E-state index is 12.4. The van der Waals surface area contributed by atoms with Crippen molar-refractivity contribution in [2.75, 3.05) is 13.2 Å². The molecule has 3 rings (SSSR count). The first-order valence-electron chi connectivity index (χ1n) is 7.76. The van der Waals surface area contributed by atoms with Crippen LogP contribution in [0.25, 0.3) is 0 Å². The van der Waals surface area contributed by atoms with Gasteiger partial charge in [0.15, 0.2) is 18.1 Å². The van der Waals surface area contributed by atoms with Crippen molar-refractivity contribution in [3.05, 3.63) is 33.8 Å². The number of esters is 1. The number of aliphatic carboxylic acids is 1. The number of carboxylic acid groups (broad SMARTS) is 1. The summed E-state index contributed by atoms with van der Waals surface area (Å²) in [7, 11) is 0. The number of nitrogens with one attached hydrogen (secondary N) is 1. The zero-order valence-electron chi connectivity index (χ0n) is 13.8. The smallest absolute Gasteiger partial charge is 0.356 e. The molecule has 1 fully saturated rings. The summed E-state index contributed by atoms with van der Waals surface area (Å²) in [5, 5.41) is 13.9. The Labute approximate surface area is 152 Å². The number of rotatable bonds is 6. The molecular weight excluding hydrogens is 364 g/mol. The van der Waals surface area contributed by atoms with Gasteiger partial charge in [0, 0.05) is 11.8 Å². The van der Waals surface area contributed by atoms with Gasteiger partial charge in [-0.05, 0) is 11.4 Å². The van der Waals surface area contributed by atoms with Crippen molar-refractivity contribution in [2.24, 2.45) is 0 Å². The summed E-state index contributed by atoms with van der Waals surface area (Å²) in [6.45, 7) is 0.812. The summed E-state index contributed by atoms with van der Waals surface area (Å²) in [6, 6.07) is 2.19. The van der Waals surface area contributed by atoms with Crippen LogP contribution < -0.4 is 5.32 Å². The Morgan fingerprint density at radius 2 is 2.23 bits per heavy atom. The quantitative estimate of drug-likeness (QED) is 0.521. The zero-order valence-corrected chi connectivity index (χ0v) is 14.6. The van der Waals surface area contributed by atoms with E-state index in [1.807, 2.05) is 17.5 Å². The van der Waals surface area contributed by atoms with Crippen LogP contribution in [0.1, 0.15) is 11.8 Å². The molecule has 0 saturated carbocycles. The van der Waals surface area contributed by atoms with Gasteiger partial charge in [-0.3, -0.25) is 19.3 Å². The molecule has 1 saturated heterocycles. The standard InChI is InChI=1S/C16H16N2O7S/c1-8(19)24-7-11-14(16(22)23)18-10(6-25-11)13(15(18)21)17-12(20)5-9-3-2-4-26-9/h2-4,10,13H,5-7H2,1H3,(H,17,20)(H,22,23)/t10-,13+/m1/s1. The normalized spacial score (nSPS) is 21.4. The van der Waals surface area contributed by atoms with E-state index in [0.717, 1.165) is 9.78 Å². The minimum atomic E-state index is -1.37. The molecule has 26 heavy (non-hydrogen) atoms. The molecule has 0 bridgehead atoms. The summed E-state index contributed by atoms with van der Waals surface area (Å²) >= 11 is 1.43. The van der Waals surface area contributed by atoms with E-state index in [9.17, 15) is 24.3 Å². The molecule has 0 aromatic carbocycles. The van der Waals surface area contributed by atoms with Crippen molar-refractivity contribution in [2.45, 2.75) is 25.4 Å². The fourth-order valence-corrected chi connectivity index (χ4v) is 3.54. The highest BCUT2D eigenvalue weighted by atomic mass is 32.1. The van der Waals surface area contributed by atoms with Gasteiger partial charge in [-0.15, -0.1) is 11.3 Å². The third-order valence-electron chi connectivity index (χ3n) is 3.99. The lowest BCUT2D eigenvalue weighted by Gasteiger charge is -2.49. The SMILES string of the molecule is CC(=O)OCC1=C(C(=O)O)N2C(=O)[C@@H](NC(=O)Cc3cccs3)[C@H]2CO1. The van der Waals surface area contributed by atoms with Crippen LogP contribution in [0, 0.1) is 0 Å². The Bertz CT molecular complexity index is 787. The molecule has 2 aliphatic heterocycles. The molecule has 0 spiro atoms. The van der Waals surface area contributed by atoms with Gasteiger partial charge in [0.1, 0.15) is 18.7 Å².